The quantitative estimate of drug-likeness (QED) is 0.664. The molecule has 2 amide bonds. The zero-order valence-corrected chi connectivity index (χ0v) is 17.1. The fourth-order valence-electron chi connectivity index (χ4n) is 2.25. The third-order valence-electron chi connectivity index (χ3n) is 3.81. The second kappa shape index (κ2) is 10.2. The fraction of sp³-hybridized carbons (Fsp3) is 0.300. The predicted octanol–water partition coefficient (Wildman–Crippen LogP) is 4.75. The van der Waals surface area contributed by atoms with Crippen molar-refractivity contribution in [3.8, 4) is 5.75 Å². The average Bonchev–Trinajstić information content (AvgIpc) is 2.65. The summed E-state index contributed by atoms with van der Waals surface area (Å²) in [6, 6.07) is 12.5. The van der Waals surface area contributed by atoms with Crippen LogP contribution in [0.15, 0.2) is 42.5 Å². The van der Waals surface area contributed by atoms with E-state index in [1.54, 1.807) is 49.4 Å². The number of carbonyl (C=O) groups is 2. The van der Waals surface area contributed by atoms with Crippen molar-refractivity contribution in [1.29, 1.82) is 0 Å². The maximum absolute atomic E-state index is 12.3. The van der Waals surface area contributed by atoms with E-state index >= 15 is 0 Å². The van der Waals surface area contributed by atoms with Crippen LogP contribution in [0.5, 0.6) is 5.75 Å². The Hall–Kier alpha value is -2.18. The lowest BCUT2D eigenvalue weighted by Gasteiger charge is -2.14. The second-order valence-corrected chi connectivity index (χ2v) is 7.60. The van der Waals surface area contributed by atoms with Gasteiger partial charge in [0, 0.05) is 16.4 Å². The molecule has 2 N–H and O–H groups in total. The number of halogens is 1. The van der Waals surface area contributed by atoms with Crippen LogP contribution in [0.2, 0.25) is 5.02 Å². The minimum atomic E-state index is -0.380. The standard InChI is InChI=1S/C20H23ClN2O3S/c1-4-26-16-10-8-15(9-11-16)22-19(24)12-27-14(3)20(25)23-18-7-5-6-17(21)13(18)2/h5-11,14H,4,12H2,1-3H3,(H,22,24)(H,23,25)/t14-/m1/s1. The maximum atomic E-state index is 12.3. The summed E-state index contributed by atoms with van der Waals surface area (Å²) in [4.78, 5) is 24.4. The minimum absolute atomic E-state index is 0.164. The van der Waals surface area contributed by atoms with Crippen molar-refractivity contribution in [3.05, 3.63) is 53.1 Å². The van der Waals surface area contributed by atoms with Gasteiger partial charge in [-0.2, -0.15) is 0 Å². The van der Waals surface area contributed by atoms with E-state index in [0.717, 1.165) is 11.3 Å². The van der Waals surface area contributed by atoms with Gasteiger partial charge in [0.15, 0.2) is 0 Å². The lowest BCUT2D eigenvalue weighted by molar-refractivity contribution is -0.115. The Morgan fingerprint density at radius 1 is 1.15 bits per heavy atom. The summed E-state index contributed by atoms with van der Waals surface area (Å²) in [5.41, 5.74) is 2.19. The van der Waals surface area contributed by atoms with Crippen molar-refractivity contribution in [3.63, 3.8) is 0 Å². The number of anilines is 2. The number of amides is 2. The van der Waals surface area contributed by atoms with Crippen LogP contribution in [0.3, 0.4) is 0 Å². The Kier molecular flexibility index (Phi) is 8.00. The summed E-state index contributed by atoms with van der Waals surface area (Å²) in [5.74, 6) is 0.601. The van der Waals surface area contributed by atoms with Crippen molar-refractivity contribution in [2.24, 2.45) is 0 Å². The van der Waals surface area contributed by atoms with Gasteiger partial charge in [-0.05, 0) is 62.7 Å². The predicted molar refractivity (Wildman–Crippen MR) is 113 cm³/mol. The molecule has 0 spiro atoms. The molecule has 2 aromatic carbocycles. The molecule has 5 nitrogen and oxygen atoms in total. The number of benzene rings is 2. The van der Waals surface area contributed by atoms with Crippen LogP contribution >= 0.6 is 23.4 Å². The van der Waals surface area contributed by atoms with Crippen LogP contribution in [0.25, 0.3) is 0 Å². The fourth-order valence-corrected chi connectivity index (χ4v) is 3.11. The van der Waals surface area contributed by atoms with E-state index in [4.69, 9.17) is 16.3 Å². The summed E-state index contributed by atoms with van der Waals surface area (Å²) in [5, 5.41) is 5.88. The molecule has 0 heterocycles. The van der Waals surface area contributed by atoms with E-state index in [0.29, 0.717) is 23.0 Å². The molecule has 0 aliphatic rings. The monoisotopic (exact) mass is 406 g/mol. The first-order chi connectivity index (χ1) is 12.9. The number of ether oxygens (including phenoxy) is 1. The first-order valence-corrected chi connectivity index (χ1v) is 10.0. The van der Waals surface area contributed by atoms with Crippen molar-refractivity contribution >= 4 is 46.6 Å². The first-order valence-electron chi connectivity index (χ1n) is 8.61. The summed E-state index contributed by atoms with van der Waals surface area (Å²) in [7, 11) is 0. The van der Waals surface area contributed by atoms with E-state index < -0.39 is 0 Å². The number of carbonyl (C=O) groups excluding carboxylic acids is 2. The lowest BCUT2D eigenvalue weighted by Crippen LogP contribution is -2.25. The molecule has 7 heteroatoms. The molecule has 1 atom stereocenters. The first kappa shape index (κ1) is 21.1. The molecule has 0 aromatic heterocycles. The topological polar surface area (TPSA) is 67.4 Å². The van der Waals surface area contributed by atoms with Crippen molar-refractivity contribution in [2.75, 3.05) is 23.0 Å². The van der Waals surface area contributed by atoms with Crippen LogP contribution in [0, 0.1) is 6.92 Å². The molecule has 0 saturated heterocycles. The SMILES string of the molecule is CCOc1ccc(NC(=O)CS[C@H](C)C(=O)Nc2cccc(Cl)c2C)cc1. The third-order valence-corrected chi connectivity index (χ3v) is 5.36. The van der Waals surface area contributed by atoms with Gasteiger partial charge in [0.05, 0.1) is 17.6 Å². The second-order valence-electron chi connectivity index (χ2n) is 5.86. The largest absolute Gasteiger partial charge is 0.494 e. The minimum Gasteiger partial charge on any atom is -0.494 e. The summed E-state index contributed by atoms with van der Waals surface area (Å²) >= 11 is 7.34. The zero-order valence-electron chi connectivity index (χ0n) is 15.5. The van der Waals surface area contributed by atoms with Crippen molar-refractivity contribution in [2.45, 2.75) is 26.0 Å². The molecular formula is C20H23ClN2O3S. The average molecular weight is 407 g/mol. The van der Waals surface area contributed by atoms with E-state index in [9.17, 15) is 9.59 Å². The third kappa shape index (κ3) is 6.48. The number of nitrogens with one attached hydrogen (secondary N) is 2. The highest BCUT2D eigenvalue weighted by Gasteiger charge is 2.16. The van der Waals surface area contributed by atoms with Crippen LogP contribution < -0.4 is 15.4 Å². The molecule has 0 fully saturated rings. The highest BCUT2D eigenvalue weighted by atomic mass is 35.5. The number of hydrogen-bond donors (Lipinski definition) is 2. The Morgan fingerprint density at radius 2 is 1.85 bits per heavy atom. The summed E-state index contributed by atoms with van der Waals surface area (Å²) < 4.78 is 5.37. The number of thioether (sulfide) groups is 1. The van der Waals surface area contributed by atoms with Gasteiger partial charge in [-0.1, -0.05) is 17.7 Å². The normalized spacial score (nSPS) is 11.6. The summed E-state index contributed by atoms with van der Waals surface area (Å²) in [6.45, 7) is 6.12. The van der Waals surface area contributed by atoms with Gasteiger partial charge < -0.3 is 15.4 Å². The van der Waals surface area contributed by atoms with Gasteiger partial charge in [-0.15, -0.1) is 11.8 Å². The lowest BCUT2D eigenvalue weighted by atomic mass is 10.2. The molecule has 0 unspecified atom stereocenters. The van der Waals surface area contributed by atoms with E-state index in [-0.39, 0.29) is 22.8 Å². The molecule has 0 bridgehead atoms. The smallest absolute Gasteiger partial charge is 0.237 e. The summed E-state index contributed by atoms with van der Waals surface area (Å²) in [6.07, 6.45) is 0. The van der Waals surface area contributed by atoms with Gasteiger partial charge in [-0.25, -0.2) is 0 Å². The van der Waals surface area contributed by atoms with Crippen LogP contribution in [-0.4, -0.2) is 29.4 Å². The van der Waals surface area contributed by atoms with Gasteiger partial charge >= 0.3 is 0 Å². The van der Waals surface area contributed by atoms with Crippen molar-refractivity contribution < 1.29 is 14.3 Å². The number of rotatable bonds is 8. The molecule has 0 aliphatic carbocycles. The van der Waals surface area contributed by atoms with Crippen molar-refractivity contribution in [1.82, 2.24) is 0 Å². The Labute approximate surface area is 168 Å². The van der Waals surface area contributed by atoms with Gasteiger partial charge in [0.25, 0.3) is 0 Å². The molecule has 0 radical (unpaired) electrons. The van der Waals surface area contributed by atoms with Crippen LogP contribution in [-0.2, 0) is 9.59 Å². The Bertz CT molecular complexity index is 796. The van der Waals surface area contributed by atoms with Crippen LogP contribution in [0.1, 0.15) is 19.4 Å². The molecule has 2 rings (SSSR count). The number of hydrogen-bond acceptors (Lipinski definition) is 4. The Balaban J connectivity index is 1.81. The molecule has 144 valence electrons. The maximum Gasteiger partial charge on any atom is 0.237 e. The molecule has 27 heavy (non-hydrogen) atoms. The Morgan fingerprint density at radius 3 is 2.52 bits per heavy atom. The van der Waals surface area contributed by atoms with Gasteiger partial charge in [0.1, 0.15) is 5.75 Å². The molecule has 2 aromatic rings. The van der Waals surface area contributed by atoms with Gasteiger partial charge in [0.2, 0.25) is 11.8 Å². The molecule has 0 aliphatic heterocycles. The molecular weight excluding hydrogens is 384 g/mol. The van der Waals surface area contributed by atoms with E-state index in [1.165, 1.54) is 11.8 Å². The highest BCUT2D eigenvalue weighted by molar-refractivity contribution is 8.01. The highest BCUT2D eigenvalue weighted by Crippen LogP contribution is 2.24. The molecule has 0 saturated carbocycles. The van der Waals surface area contributed by atoms with E-state index in [1.807, 2.05) is 13.8 Å². The van der Waals surface area contributed by atoms with Crippen LogP contribution in [0.4, 0.5) is 11.4 Å². The van der Waals surface area contributed by atoms with E-state index in [2.05, 4.69) is 10.6 Å². The van der Waals surface area contributed by atoms with Gasteiger partial charge in [-0.3, -0.25) is 9.59 Å². The zero-order chi connectivity index (χ0) is 19.8.